The molecule has 4 N–H and O–H groups in total. The highest BCUT2D eigenvalue weighted by molar-refractivity contribution is 5.76. The molecule has 0 saturated carbocycles. The molecule has 0 aromatic carbocycles. The Hall–Kier alpha value is -1.43. The number of carbonyl (C=O) groups is 1. The third-order valence-corrected chi connectivity index (χ3v) is 14.6. The monoisotopic (exact) mass is 970 g/mol. The van der Waals surface area contributed by atoms with Gasteiger partial charge in [-0.2, -0.15) is 0 Å². The lowest BCUT2D eigenvalue weighted by Crippen LogP contribution is -2.45. The van der Waals surface area contributed by atoms with Gasteiger partial charge in [0.25, 0.3) is 0 Å². The first-order valence-corrected chi connectivity index (χ1v) is 31.3. The van der Waals surface area contributed by atoms with Crippen LogP contribution in [0.1, 0.15) is 341 Å². The lowest BCUT2D eigenvalue weighted by molar-refractivity contribution is -0.124. The number of aliphatic hydroxyl groups excluding tert-OH is 3. The number of unbranched alkanes of at least 4 members (excludes halogenated alkanes) is 45. The minimum absolute atomic E-state index is 0.00829. The van der Waals surface area contributed by atoms with Crippen molar-refractivity contribution >= 4 is 5.91 Å². The van der Waals surface area contributed by atoms with E-state index < -0.39 is 18.2 Å². The zero-order valence-electron chi connectivity index (χ0n) is 46.7. The topological polar surface area (TPSA) is 89.8 Å². The van der Waals surface area contributed by atoms with Gasteiger partial charge in [-0.05, 0) is 57.8 Å². The summed E-state index contributed by atoms with van der Waals surface area (Å²) in [5.74, 6) is -0.320. The smallest absolute Gasteiger partial charge is 0.222 e. The fourth-order valence-corrected chi connectivity index (χ4v) is 9.88. The van der Waals surface area contributed by atoms with Crippen molar-refractivity contribution < 1.29 is 20.1 Å². The molecule has 0 radical (unpaired) electrons. The minimum Gasteiger partial charge on any atom is -0.394 e. The lowest BCUT2D eigenvalue weighted by atomic mass is 10.0. The molecular formula is C64H123NO4. The van der Waals surface area contributed by atoms with Gasteiger partial charge in [0, 0.05) is 0 Å². The summed E-state index contributed by atoms with van der Waals surface area (Å²) in [7, 11) is 0. The maximum absolute atomic E-state index is 12.5. The average molecular weight is 971 g/mol. The van der Waals surface area contributed by atoms with E-state index in [-0.39, 0.29) is 18.9 Å². The number of rotatable bonds is 58. The molecule has 69 heavy (non-hydrogen) atoms. The molecule has 0 fully saturated rings. The molecule has 0 bridgehead atoms. The van der Waals surface area contributed by atoms with Crippen LogP contribution in [-0.4, -0.2) is 46.1 Å². The van der Waals surface area contributed by atoms with E-state index in [2.05, 4.69) is 43.5 Å². The van der Waals surface area contributed by atoms with Crippen molar-refractivity contribution in [2.24, 2.45) is 0 Å². The van der Waals surface area contributed by atoms with Crippen molar-refractivity contribution in [3.05, 3.63) is 36.5 Å². The number of carbonyl (C=O) groups excluding carboxylic acids is 1. The predicted molar refractivity (Wildman–Crippen MR) is 305 cm³/mol. The second-order valence-corrected chi connectivity index (χ2v) is 21.7. The zero-order chi connectivity index (χ0) is 50.0. The van der Waals surface area contributed by atoms with Gasteiger partial charge in [-0.15, -0.1) is 0 Å². The number of hydrogen-bond donors (Lipinski definition) is 4. The van der Waals surface area contributed by atoms with Crippen LogP contribution in [0.2, 0.25) is 0 Å². The maximum Gasteiger partial charge on any atom is 0.222 e. The van der Waals surface area contributed by atoms with Crippen LogP contribution in [0.25, 0.3) is 0 Å². The van der Waals surface area contributed by atoms with Crippen LogP contribution in [-0.2, 0) is 4.79 Å². The molecule has 0 heterocycles. The van der Waals surface area contributed by atoms with Gasteiger partial charge in [0.1, 0.15) is 0 Å². The molecule has 0 aliphatic rings. The molecule has 0 spiro atoms. The number of allylic oxidation sites excluding steroid dienone is 5. The molecule has 5 nitrogen and oxygen atoms in total. The second-order valence-electron chi connectivity index (χ2n) is 21.7. The van der Waals surface area contributed by atoms with Crippen molar-refractivity contribution in [3.8, 4) is 0 Å². The maximum atomic E-state index is 12.5. The Morgan fingerprint density at radius 1 is 0.362 bits per heavy atom. The molecule has 0 rings (SSSR count). The molecule has 408 valence electrons. The summed E-state index contributed by atoms with van der Waals surface area (Å²) in [5.41, 5.74) is 0. The van der Waals surface area contributed by atoms with Crippen LogP contribution in [0.4, 0.5) is 0 Å². The largest absolute Gasteiger partial charge is 0.394 e. The van der Waals surface area contributed by atoms with Crippen LogP contribution < -0.4 is 5.32 Å². The average Bonchev–Trinajstić information content (AvgIpc) is 3.35. The minimum atomic E-state index is -0.953. The molecule has 0 aromatic heterocycles. The number of amides is 1. The van der Waals surface area contributed by atoms with Crippen LogP contribution in [0.3, 0.4) is 0 Å². The van der Waals surface area contributed by atoms with E-state index in [9.17, 15) is 20.1 Å². The standard InChI is InChI=1S/C64H123NO4/c1-3-5-7-9-11-13-15-17-19-21-23-25-27-28-29-30-31-32-33-34-36-37-39-41-43-45-47-49-51-53-55-57-61(67)59-64(69)65-62(60-66)63(68)58-56-54-52-50-48-46-44-42-40-38-35-26-24-22-20-18-16-14-12-10-8-6-4-2/h28-29,48,50,56,58,61-63,66-68H,3-27,30-47,49,51-55,57,59-60H2,1-2H3,(H,65,69)/b29-28-,50-48+,58-56+. The van der Waals surface area contributed by atoms with Gasteiger partial charge in [-0.3, -0.25) is 4.79 Å². The Balaban J connectivity index is 3.54. The number of aliphatic hydroxyl groups is 3. The summed E-state index contributed by atoms with van der Waals surface area (Å²) in [6, 6.07) is -0.762. The molecule has 5 heteroatoms. The fourth-order valence-electron chi connectivity index (χ4n) is 9.88. The summed E-state index contributed by atoms with van der Waals surface area (Å²) in [4.78, 5) is 12.5. The van der Waals surface area contributed by atoms with Crippen LogP contribution in [0, 0.1) is 0 Å². The molecule has 3 atom stereocenters. The van der Waals surface area contributed by atoms with Gasteiger partial charge in [0.2, 0.25) is 5.91 Å². The Labute approximate surface area is 432 Å². The van der Waals surface area contributed by atoms with E-state index in [1.54, 1.807) is 6.08 Å². The highest BCUT2D eigenvalue weighted by Gasteiger charge is 2.20. The SMILES string of the molecule is CCCCCCCCCCCCCC/C=C\CCCCCCCCCCCCCCCCCC(O)CC(=O)NC(CO)C(O)/C=C/CC/C=C/CCCCCCCCCCCCCCCCCCC. The van der Waals surface area contributed by atoms with E-state index in [0.717, 1.165) is 32.1 Å². The summed E-state index contributed by atoms with van der Waals surface area (Å²) >= 11 is 0. The Morgan fingerprint density at radius 3 is 0.928 bits per heavy atom. The highest BCUT2D eigenvalue weighted by Crippen LogP contribution is 2.18. The van der Waals surface area contributed by atoms with Crippen molar-refractivity contribution in [2.75, 3.05) is 6.61 Å². The molecule has 0 aliphatic heterocycles. The van der Waals surface area contributed by atoms with Crippen molar-refractivity contribution in [2.45, 2.75) is 360 Å². The van der Waals surface area contributed by atoms with Gasteiger partial charge >= 0.3 is 0 Å². The van der Waals surface area contributed by atoms with Crippen LogP contribution in [0.15, 0.2) is 36.5 Å². The molecule has 1 amide bonds. The first kappa shape index (κ1) is 67.6. The van der Waals surface area contributed by atoms with Crippen LogP contribution >= 0.6 is 0 Å². The van der Waals surface area contributed by atoms with Gasteiger partial charge in [0.05, 0.1) is 31.3 Å². The van der Waals surface area contributed by atoms with Gasteiger partial charge in [0.15, 0.2) is 0 Å². The fraction of sp³-hybridized carbons (Fsp3) is 0.891. The van der Waals surface area contributed by atoms with Crippen molar-refractivity contribution in [1.82, 2.24) is 5.32 Å². The lowest BCUT2D eigenvalue weighted by Gasteiger charge is -2.21. The van der Waals surface area contributed by atoms with Gasteiger partial charge < -0.3 is 20.6 Å². The summed E-state index contributed by atoms with van der Waals surface area (Å²) < 4.78 is 0. The van der Waals surface area contributed by atoms with Gasteiger partial charge in [-0.25, -0.2) is 0 Å². The third kappa shape index (κ3) is 55.7. The van der Waals surface area contributed by atoms with E-state index in [0.29, 0.717) is 6.42 Å². The van der Waals surface area contributed by atoms with Crippen molar-refractivity contribution in [1.29, 1.82) is 0 Å². The predicted octanol–water partition coefficient (Wildman–Crippen LogP) is 19.8. The Bertz CT molecular complexity index is 1070. The molecule has 0 aliphatic carbocycles. The molecule has 0 saturated heterocycles. The first-order chi connectivity index (χ1) is 34.0. The van der Waals surface area contributed by atoms with E-state index >= 15 is 0 Å². The van der Waals surface area contributed by atoms with E-state index in [4.69, 9.17) is 0 Å². The van der Waals surface area contributed by atoms with Crippen LogP contribution in [0.5, 0.6) is 0 Å². The van der Waals surface area contributed by atoms with E-state index in [1.165, 1.54) is 283 Å². The Morgan fingerprint density at radius 2 is 0.623 bits per heavy atom. The molecule has 3 unspecified atom stereocenters. The second kappa shape index (κ2) is 59.1. The number of hydrogen-bond acceptors (Lipinski definition) is 4. The van der Waals surface area contributed by atoms with E-state index in [1.807, 2.05) is 6.08 Å². The quantitative estimate of drug-likeness (QED) is 0.0361. The first-order valence-electron chi connectivity index (χ1n) is 31.3. The number of nitrogens with one attached hydrogen (secondary N) is 1. The third-order valence-electron chi connectivity index (χ3n) is 14.6. The van der Waals surface area contributed by atoms with Gasteiger partial charge in [-0.1, -0.05) is 314 Å². The Kier molecular flexibility index (Phi) is 57.9. The highest BCUT2D eigenvalue weighted by atomic mass is 16.3. The summed E-state index contributed by atoms with van der Waals surface area (Å²) in [5, 5.41) is 33.5. The molecule has 0 aromatic rings. The summed E-state index contributed by atoms with van der Waals surface area (Å²) in [6.45, 7) is 4.24. The zero-order valence-corrected chi connectivity index (χ0v) is 46.7. The van der Waals surface area contributed by atoms with Crippen molar-refractivity contribution in [3.63, 3.8) is 0 Å². The summed E-state index contributed by atoms with van der Waals surface area (Å²) in [6.07, 6.45) is 77.9. The normalized spacial score (nSPS) is 13.4. The molecular weight excluding hydrogens is 847 g/mol.